The predicted molar refractivity (Wildman–Crippen MR) is 483 cm³/mol. The Morgan fingerprint density at radius 1 is 0.408 bits per heavy atom. The Hall–Kier alpha value is -3.33. The Kier molecular flexibility index (Phi) is 67.0. The summed E-state index contributed by atoms with van der Waals surface area (Å²) < 4.78 is 68.1. The molecule has 4 heterocycles. The van der Waals surface area contributed by atoms with Gasteiger partial charge in [0, 0.05) is 165 Å². The summed E-state index contributed by atoms with van der Waals surface area (Å²) in [6, 6.07) is -0.126. The molecule has 4 aliphatic heterocycles. The normalized spacial score (nSPS) is 24.5. The first-order valence-electron chi connectivity index (χ1n) is 47.9. The maximum atomic E-state index is 14.2. The van der Waals surface area contributed by atoms with Crippen LogP contribution in [-0.4, -0.2) is 331 Å². The van der Waals surface area contributed by atoms with Crippen LogP contribution in [0.5, 0.6) is 0 Å². The van der Waals surface area contributed by atoms with Crippen LogP contribution in [0.2, 0.25) is 0 Å². The van der Waals surface area contributed by atoms with Crippen molar-refractivity contribution in [3.05, 3.63) is 0 Å². The minimum absolute atomic E-state index is 0. The van der Waals surface area contributed by atoms with Gasteiger partial charge in [-0.25, -0.2) is 4.79 Å². The molecule has 753 valence electrons. The molecule has 38 heteroatoms. The number of amides is 4. The van der Waals surface area contributed by atoms with Gasteiger partial charge in [-0.3, -0.25) is 38.4 Å². The van der Waals surface area contributed by atoms with E-state index in [-0.39, 0.29) is 182 Å². The summed E-state index contributed by atoms with van der Waals surface area (Å²) in [7, 11) is 4.95. The summed E-state index contributed by atoms with van der Waals surface area (Å²) in [6.07, 6.45) is 7.47. The zero-order chi connectivity index (χ0) is 94.6. The van der Waals surface area contributed by atoms with Gasteiger partial charge >= 0.3 is 18.0 Å². The van der Waals surface area contributed by atoms with Gasteiger partial charge in [0.2, 0.25) is 17.7 Å². The number of nitrogens with one attached hydrogen (secondary N) is 3. The topological polar surface area (TPSA) is 506 Å². The monoisotopic (exact) mass is 1970 g/mol. The third kappa shape index (κ3) is 51.9. The second-order valence-corrected chi connectivity index (χ2v) is 39.0. The van der Waals surface area contributed by atoms with Crippen LogP contribution in [0.3, 0.4) is 0 Å². The number of likely N-dealkylation sites (tertiary alicyclic amines) is 1. The van der Waals surface area contributed by atoms with Crippen LogP contribution in [0, 0.1) is 23.2 Å². The molecule has 35 nitrogen and oxygen atoms in total. The second kappa shape index (κ2) is 72.0. The summed E-state index contributed by atoms with van der Waals surface area (Å²) in [5, 5.41) is 108. The van der Waals surface area contributed by atoms with Crippen molar-refractivity contribution in [2.45, 2.75) is 376 Å². The van der Waals surface area contributed by atoms with Gasteiger partial charge in [0.25, 0.3) is 0 Å². The van der Waals surface area contributed by atoms with E-state index in [4.69, 9.17) is 56.8 Å². The second-order valence-electron chi connectivity index (χ2n) is 35.9. The Labute approximate surface area is 804 Å². The number of alkyl carbamates (subject to hydrolysis) is 1. The largest absolute Gasteiger partial charge is 0.466 e. The maximum absolute atomic E-state index is 14.2. The summed E-state index contributed by atoms with van der Waals surface area (Å²) >= 11 is 0. The number of β-amino-alcohol motifs (C(OH)–C–C–N with tert-alkyl or cyclic N) is 1. The first-order valence-corrected chi connectivity index (χ1v) is 50.2. The SMILES string of the molecule is COC[C@H]1C[C@H](O)CN1C(=O)CCCCC(=O)CCC(C)(C)SSCCOCCOCCC(=O)CC(CCCOC(=O)CCCCCCCNC(=O)CCCOC1OC(CO)C(O)C(O)C1C)(CCCOC(=O)CCCCCCCNC(=O)CCCOC1OC(CO)C(O)C(O)C1C)CCCOC(=O)NCCCCCCCC(=O)CCCOC1OC(CO)C(O)C(O)C1C.[Y]. The van der Waals surface area contributed by atoms with Crippen LogP contribution in [0.1, 0.15) is 285 Å². The van der Waals surface area contributed by atoms with Crippen molar-refractivity contribution in [1.82, 2.24) is 20.9 Å². The Morgan fingerprint density at radius 2 is 0.800 bits per heavy atom. The van der Waals surface area contributed by atoms with Crippen molar-refractivity contribution in [3.63, 3.8) is 0 Å². The number of carbonyl (C=O) groups is 9. The van der Waals surface area contributed by atoms with Crippen LogP contribution in [0.25, 0.3) is 0 Å². The van der Waals surface area contributed by atoms with Gasteiger partial charge in [-0.1, -0.05) is 100 Å². The molecule has 0 aromatic heterocycles. The van der Waals surface area contributed by atoms with E-state index in [0.29, 0.717) is 187 Å². The van der Waals surface area contributed by atoms with Crippen molar-refractivity contribution in [2.75, 3.05) is 132 Å². The van der Waals surface area contributed by atoms with Crippen molar-refractivity contribution < 1.29 is 184 Å². The molecule has 0 aliphatic carbocycles. The molecular formula is C92H164N4O31S2Y. The summed E-state index contributed by atoms with van der Waals surface area (Å²) in [5.74, 6) is -1.62. The van der Waals surface area contributed by atoms with Gasteiger partial charge in [0.15, 0.2) is 18.9 Å². The molecule has 4 fully saturated rings. The number of Topliss-reactive ketones (excluding diaryl/α,β-unsaturated/α-hetero) is 3. The molecule has 4 rings (SSSR count). The number of ether oxygens (including phenoxy) is 12. The molecule has 4 amide bonds. The van der Waals surface area contributed by atoms with Gasteiger partial charge in [0.05, 0.1) is 123 Å². The average molecular weight is 1980 g/mol. The minimum Gasteiger partial charge on any atom is -0.466 e. The molecule has 130 heavy (non-hydrogen) atoms. The number of ketones is 3. The minimum atomic E-state index is -1.23. The van der Waals surface area contributed by atoms with Gasteiger partial charge in [-0.2, -0.15) is 0 Å². The molecule has 0 aromatic rings. The molecule has 1 radical (unpaired) electrons. The number of carbonyl (C=O) groups excluding carboxylic acids is 9. The van der Waals surface area contributed by atoms with Crippen molar-refractivity contribution in [3.8, 4) is 0 Å². The number of hydrogen-bond acceptors (Lipinski definition) is 33. The standard InChI is InChI=1S/C92H164N4O31S2.Y/c1-65-81(109)84(112)73(61-97)125-87(65)121-47-24-32-69(100)30-16-10-7-15-23-46-95-90(115)124-52-29-42-92(40-27-50-119-79(107)36-17-11-8-13-21-44-93-76(104)33-25-48-122-88-66(2)82(110)85(113)74(62-98)126-88,41-28-51-120-80(108)37-18-12-9-14-22-45-94-77(105)34-26-49-123-89-67(3)83(111)86(114)75(63-99)127-89)59-71(102)39-53-117-54-55-118-56-57-128-129-91(4,5)43-38-70(101)31-19-20-35-78(106)96-60-72(103)58-68(96)64-116-6;/h65-68,72-75,81-89,97-99,103,109-114H,7-64H2,1-6H3,(H,93,104)(H,94,105)(H,95,115);/t65?,66?,67?,68-,72+,73?,74?,75?,81?,82?,83?,84?,85?,86?,87?,88?,89?,92?;/m1./s1. The molecule has 4 saturated heterocycles. The quantitative estimate of drug-likeness (QED) is 0.0120. The maximum Gasteiger partial charge on any atom is 0.407 e. The van der Waals surface area contributed by atoms with E-state index in [0.717, 1.165) is 77.0 Å². The fraction of sp³-hybridized carbons (Fsp3) is 0.902. The smallest absolute Gasteiger partial charge is 0.407 e. The summed E-state index contributed by atoms with van der Waals surface area (Å²) in [5.41, 5.74) is -0.680. The number of nitrogens with zero attached hydrogens (tertiary/aromatic N) is 1. The van der Waals surface area contributed by atoms with Crippen molar-refractivity contribution in [1.29, 1.82) is 0 Å². The van der Waals surface area contributed by atoms with E-state index in [9.17, 15) is 94.2 Å². The molecule has 4 aliphatic rings. The number of methoxy groups -OCH3 is 1. The van der Waals surface area contributed by atoms with Crippen LogP contribution in [-0.2, 0) is 128 Å². The zero-order valence-corrected chi connectivity index (χ0v) is 83.2. The first kappa shape index (κ1) is 121. The number of unbranched alkanes of at least 4 members (excludes halogenated alkanes) is 13. The predicted octanol–water partition coefficient (Wildman–Crippen LogP) is 7.62. The Balaban J connectivity index is 0.0000436. The zero-order valence-electron chi connectivity index (χ0n) is 78.7. The Bertz CT molecular complexity index is 2850. The van der Waals surface area contributed by atoms with E-state index in [1.807, 2.05) is 0 Å². The fourth-order valence-corrected chi connectivity index (χ4v) is 18.7. The summed E-state index contributed by atoms with van der Waals surface area (Å²) in [4.78, 5) is 119. The number of rotatable bonds is 77. The average Bonchev–Trinajstić information content (AvgIpc) is 0.951. The van der Waals surface area contributed by atoms with Gasteiger partial charge in [-0.15, -0.1) is 0 Å². The molecule has 0 spiro atoms. The number of hydrogen-bond donors (Lipinski definition) is 13. The third-order valence-corrected chi connectivity index (χ3v) is 27.6. The molecule has 0 aromatic carbocycles. The van der Waals surface area contributed by atoms with Crippen LogP contribution in [0.4, 0.5) is 4.79 Å². The van der Waals surface area contributed by atoms with E-state index in [2.05, 4.69) is 29.8 Å². The number of aliphatic hydroxyl groups is 10. The van der Waals surface area contributed by atoms with Crippen molar-refractivity contribution in [2.24, 2.45) is 23.2 Å². The van der Waals surface area contributed by atoms with E-state index >= 15 is 0 Å². The van der Waals surface area contributed by atoms with E-state index in [1.165, 1.54) is 0 Å². The van der Waals surface area contributed by atoms with Crippen LogP contribution in [0.15, 0.2) is 0 Å². The molecular weight excluding hydrogens is 1810 g/mol. The van der Waals surface area contributed by atoms with E-state index in [1.54, 1.807) is 54.4 Å². The third-order valence-electron chi connectivity index (χ3n) is 24.3. The molecule has 0 bridgehead atoms. The van der Waals surface area contributed by atoms with Crippen LogP contribution >= 0.6 is 21.6 Å². The molecule has 0 saturated carbocycles. The van der Waals surface area contributed by atoms with Crippen molar-refractivity contribution >= 4 is 74.7 Å². The van der Waals surface area contributed by atoms with E-state index < -0.39 is 129 Å². The Morgan fingerprint density at radius 3 is 1.26 bits per heavy atom. The summed E-state index contributed by atoms with van der Waals surface area (Å²) in [6.45, 7) is 12.0. The fourth-order valence-electron chi connectivity index (χ4n) is 16.3. The number of aliphatic hydroxyl groups excluding tert-OH is 10. The van der Waals surface area contributed by atoms with Crippen LogP contribution < -0.4 is 16.0 Å². The first-order chi connectivity index (χ1) is 62.0. The number of esters is 2. The van der Waals surface area contributed by atoms with Gasteiger partial charge in [-0.05, 0) is 141 Å². The molecule has 15 unspecified atom stereocenters. The van der Waals surface area contributed by atoms with Gasteiger partial charge < -0.3 is 129 Å². The van der Waals surface area contributed by atoms with Gasteiger partial charge in [0.1, 0.15) is 54.0 Å². The molecule has 13 N–H and O–H groups in total. The molecule has 17 atom stereocenters.